The highest BCUT2D eigenvalue weighted by Crippen LogP contribution is 2.26. The molecule has 2 atom stereocenters. The number of aryl methyl sites for hydroxylation is 1. The molecule has 2 aromatic rings. The van der Waals surface area contributed by atoms with Crippen LogP contribution < -0.4 is 11.1 Å². The third-order valence-corrected chi connectivity index (χ3v) is 4.30. The number of aromatic nitrogens is 2. The van der Waals surface area contributed by atoms with E-state index in [0.717, 1.165) is 42.8 Å². The average molecular weight is 298 g/mol. The molecule has 3 rings (SSSR count). The van der Waals surface area contributed by atoms with E-state index in [0.29, 0.717) is 0 Å². The number of nitrogens with zero attached hydrogens (tertiary/aromatic N) is 2. The van der Waals surface area contributed by atoms with Crippen molar-refractivity contribution in [1.29, 1.82) is 0 Å². The normalized spacial score (nSPS) is 21.5. The first kappa shape index (κ1) is 14.8. The zero-order valence-corrected chi connectivity index (χ0v) is 12.8. The zero-order chi connectivity index (χ0) is 15.5. The molecule has 0 aliphatic heterocycles. The van der Waals surface area contributed by atoms with Crippen molar-refractivity contribution in [3.05, 3.63) is 36.7 Å². The Bertz CT molecular complexity index is 664. The van der Waals surface area contributed by atoms with Crippen molar-refractivity contribution >= 4 is 11.6 Å². The number of carbonyl (C=O) groups excluding carboxylic acids is 1. The summed E-state index contributed by atoms with van der Waals surface area (Å²) in [5, 5.41) is 3.02. The van der Waals surface area contributed by atoms with Crippen LogP contribution in [-0.4, -0.2) is 21.5 Å². The summed E-state index contributed by atoms with van der Waals surface area (Å²) in [7, 11) is 1.96. The summed E-state index contributed by atoms with van der Waals surface area (Å²) in [4.78, 5) is 16.7. The minimum atomic E-state index is 0.0283. The number of anilines is 1. The van der Waals surface area contributed by atoms with Crippen LogP contribution in [0.15, 0.2) is 36.7 Å². The summed E-state index contributed by atoms with van der Waals surface area (Å²) in [5.74, 6) is 0.989. The highest BCUT2D eigenvalue weighted by atomic mass is 16.1. The number of imidazole rings is 1. The Morgan fingerprint density at radius 3 is 3.00 bits per heavy atom. The largest absolute Gasteiger partial charge is 0.334 e. The van der Waals surface area contributed by atoms with Crippen molar-refractivity contribution < 1.29 is 4.79 Å². The fraction of sp³-hybridized carbons (Fsp3) is 0.412. The highest BCUT2D eigenvalue weighted by Gasteiger charge is 2.25. The van der Waals surface area contributed by atoms with Gasteiger partial charge in [-0.2, -0.15) is 0 Å². The summed E-state index contributed by atoms with van der Waals surface area (Å²) >= 11 is 0. The molecule has 5 nitrogen and oxygen atoms in total. The lowest BCUT2D eigenvalue weighted by Gasteiger charge is -2.25. The van der Waals surface area contributed by atoms with E-state index in [-0.39, 0.29) is 17.9 Å². The molecule has 1 aromatic heterocycles. The minimum absolute atomic E-state index is 0.0283. The molecule has 1 aliphatic rings. The first-order valence-electron chi connectivity index (χ1n) is 7.77. The van der Waals surface area contributed by atoms with Gasteiger partial charge in [-0.25, -0.2) is 4.98 Å². The van der Waals surface area contributed by atoms with E-state index in [4.69, 9.17) is 5.73 Å². The number of carbonyl (C=O) groups is 1. The van der Waals surface area contributed by atoms with Crippen LogP contribution in [0.4, 0.5) is 5.69 Å². The zero-order valence-electron chi connectivity index (χ0n) is 12.8. The maximum Gasteiger partial charge on any atom is 0.227 e. The Morgan fingerprint density at radius 2 is 2.27 bits per heavy atom. The number of nitrogens with one attached hydrogen (secondary N) is 1. The van der Waals surface area contributed by atoms with E-state index in [2.05, 4.69) is 10.3 Å². The quantitative estimate of drug-likeness (QED) is 0.914. The van der Waals surface area contributed by atoms with Crippen LogP contribution in [0.2, 0.25) is 0 Å². The molecule has 22 heavy (non-hydrogen) atoms. The van der Waals surface area contributed by atoms with Crippen molar-refractivity contribution in [2.75, 3.05) is 5.32 Å². The van der Waals surface area contributed by atoms with Gasteiger partial charge < -0.3 is 15.6 Å². The molecule has 1 heterocycles. The molecule has 116 valence electrons. The SMILES string of the molecule is Cn1ccnc1-c1cccc(NC(=O)C2CCCC(N)C2)c1. The Balaban J connectivity index is 1.73. The van der Waals surface area contributed by atoms with Crippen LogP contribution in [0.5, 0.6) is 0 Å². The molecule has 1 saturated carbocycles. The lowest BCUT2D eigenvalue weighted by molar-refractivity contribution is -0.120. The lowest BCUT2D eigenvalue weighted by atomic mass is 9.85. The van der Waals surface area contributed by atoms with Gasteiger partial charge >= 0.3 is 0 Å². The molecule has 0 spiro atoms. The van der Waals surface area contributed by atoms with E-state index >= 15 is 0 Å². The highest BCUT2D eigenvalue weighted by molar-refractivity contribution is 5.93. The molecule has 1 aromatic carbocycles. The second kappa shape index (κ2) is 6.32. The predicted octanol–water partition coefficient (Wildman–Crippen LogP) is 2.54. The van der Waals surface area contributed by atoms with Gasteiger partial charge in [-0.05, 0) is 31.4 Å². The molecule has 2 unspecified atom stereocenters. The number of amides is 1. The number of hydrogen-bond donors (Lipinski definition) is 2. The van der Waals surface area contributed by atoms with Crippen LogP contribution >= 0.6 is 0 Å². The molecular formula is C17H22N4O. The van der Waals surface area contributed by atoms with Gasteiger partial charge in [-0.3, -0.25) is 4.79 Å². The Morgan fingerprint density at radius 1 is 1.41 bits per heavy atom. The average Bonchev–Trinajstić information content (AvgIpc) is 2.94. The van der Waals surface area contributed by atoms with Gasteiger partial charge in [0.15, 0.2) is 0 Å². The van der Waals surface area contributed by atoms with Gasteiger partial charge in [0.25, 0.3) is 0 Å². The second-order valence-electron chi connectivity index (χ2n) is 6.06. The second-order valence-corrected chi connectivity index (χ2v) is 6.06. The van der Waals surface area contributed by atoms with Crippen LogP contribution in [0.25, 0.3) is 11.4 Å². The van der Waals surface area contributed by atoms with E-state index < -0.39 is 0 Å². The summed E-state index contributed by atoms with van der Waals surface area (Å²) < 4.78 is 1.96. The Labute approximate surface area is 130 Å². The Kier molecular flexibility index (Phi) is 4.24. The van der Waals surface area contributed by atoms with E-state index in [1.807, 2.05) is 42.1 Å². The number of rotatable bonds is 3. The molecular weight excluding hydrogens is 276 g/mol. The molecule has 3 N–H and O–H groups in total. The van der Waals surface area contributed by atoms with Crippen LogP contribution in [-0.2, 0) is 11.8 Å². The van der Waals surface area contributed by atoms with Gasteiger partial charge in [0, 0.05) is 42.7 Å². The molecule has 1 aliphatic carbocycles. The molecule has 1 amide bonds. The third-order valence-electron chi connectivity index (χ3n) is 4.30. The first-order chi connectivity index (χ1) is 10.6. The predicted molar refractivity (Wildman–Crippen MR) is 87.2 cm³/mol. The van der Waals surface area contributed by atoms with Crippen LogP contribution in [0.3, 0.4) is 0 Å². The molecule has 0 bridgehead atoms. The monoisotopic (exact) mass is 298 g/mol. The molecule has 1 fully saturated rings. The number of benzene rings is 1. The van der Waals surface area contributed by atoms with Gasteiger partial charge in [-0.1, -0.05) is 18.6 Å². The maximum absolute atomic E-state index is 12.4. The standard InChI is InChI=1S/C17H22N4O/c1-21-9-8-19-16(21)12-4-3-7-15(11-12)20-17(22)13-5-2-6-14(18)10-13/h3-4,7-9,11,13-14H,2,5-6,10,18H2,1H3,(H,20,22). The van der Waals surface area contributed by atoms with E-state index in [9.17, 15) is 4.79 Å². The van der Waals surface area contributed by atoms with Crippen molar-refractivity contribution in [2.24, 2.45) is 18.7 Å². The van der Waals surface area contributed by atoms with Crippen molar-refractivity contribution in [2.45, 2.75) is 31.7 Å². The first-order valence-corrected chi connectivity index (χ1v) is 7.77. The topological polar surface area (TPSA) is 72.9 Å². The van der Waals surface area contributed by atoms with Gasteiger partial charge in [-0.15, -0.1) is 0 Å². The number of hydrogen-bond acceptors (Lipinski definition) is 3. The minimum Gasteiger partial charge on any atom is -0.334 e. The van der Waals surface area contributed by atoms with E-state index in [1.165, 1.54) is 0 Å². The van der Waals surface area contributed by atoms with Gasteiger partial charge in [0.05, 0.1) is 0 Å². The van der Waals surface area contributed by atoms with E-state index in [1.54, 1.807) is 6.20 Å². The fourth-order valence-corrected chi connectivity index (χ4v) is 3.09. The maximum atomic E-state index is 12.4. The van der Waals surface area contributed by atoms with Crippen molar-refractivity contribution in [1.82, 2.24) is 9.55 Å². The molecule has 0 saturated heterocycles. The summed E-state index contributed by atoms with van der Waals surface area (Å²) in [6, 6.07) is 7.96. The summed E-state index contributed by atoms with van der Waals surface area (Å²) in [6.45, 7) is 0. The Hall–Kier alpha value is -2.14. The molecule has 0 radical (unpaired) electrons. The van der Waals surface area contributed by atoms with Crippen LogP contribution in [0.1, 0.15) is 25.7 Å². The van der Waals surface area contributed by atoms with Gasteiger partial charge in [0.1, 0.15) is 5.82 Å². The fourth-order valence-electron chi connectivity index (χ4n) is 3.09. The summed E-state index contributed by atoms with van der Waals surface area (Å²) in [6.07, 6.45) is 7.45. The van der Waals surface area contributed by atoms with Crippen molar-refractivity contribution in [3.63, 3.8) is 0 Å². The summed E-state index contributed by atoms with van der Waals surface area (Å²) in [5.41, 5.74) is 7.77. The van der Waals surface area contributed by atoms with Gasteiger partial charge in [0.2, 0.25) is 5.91 Å². The van der Waals surface area contributed by atoms with Crippen LogP contribution in [0, 0.1) is 5.92 Å². The number of nitrogens with two attached hydrogens (primary N) is 1. The smallest absolute Gasteiger partial charge is 0.227 e. The lowest BCUT2D eigenvalue weighted by Crippen LogP contribution is -2.34. The third kappa shape index (κ3) is 3.20. The molecule has 5 heteroatoms. The van der Waals surface area contributed by atoms with Crippen molar-refractivity contribution in [3.8, 4) is 11.4 Å².